The zero-order valence-electron chi connectivity index (χ0n) is 22.9. The van der Waals surface area contributed by atoms with Crippen LogP contribution in [0, 0.1) is 17.6 Å². The van der Waals surface area contributed by atoms with E-state index >= 15 is 0 Å². The SMILES string of the molecule is COC(=O)Cc1ccc2c(c1)NC(=O)[C@H](C)CCC[C@H](n1cnc(-c3c(F)ccc(Cl)c3F)cc1=O)c1cc-2ccn1. The highest BCUT2D eigenvalue weighted by atomic mass is 35.5. The number of benzene rings is 2. The second kappa shape index (κ2) is 12.2. The van der Waals surface area contributed by atoms with E-state index in [0.29, 0.717) is 41.8 Å². The number of carbonyl (C=O) groups excluding carboxylic acids is 2. The lowest BCUT2D eigenvalue weighted by atomic mass is 9.94. The van der Waals surface area contributed by atoms with E-state index in [0.717, 1.165) is 23.8 Å². The first-order chi connectivity index (χ1) is 20.2. The summed E-state index contributed by atoms with van der Waals surface area (Å²) < 4.78 is 35.3. The molecular formula is C31H27ClF2N4O4. The third-order valence-corrected chi connectivity index (χ3v) is 7.68. The van der Waals surface area contributed by atoms with Crippen LogP contribution >= 0.6 is 11.6 Å². The Morgan fingerprint density at radius 1 is 1.10 bits per heavy atom. The van der Waals surface area contributed by atoms with Crippen molar-refractivity contribution in [2.75, 3.05) is 12.4 Å². The molecule has 0 aliphatic carbocycles. The zero-order valence-corrected chi connectivity index (χ0v) is 23.6. The minimum absolute atomic E-state index is 0.0494. The third-order valence-electron chi connectivity index (χ3n) is 7.39. The predicted molar refractivity (Wildman–Crippen MR) is 154 cm³/mol. The normalized spacial score (nSPS) is 16.9. The maximum absolute atomic E-state index is 14.6. The summed E-state index contributed by atoms with van der Waals surface area (Å²) in [5.74, 6) is -2.81. The van der Waals surface area contributed by atoms with Gasteiger partial charge in [-0.1, -0.05) is 37.1 Å². The van der Waals surface area contributed by atoms with Crippen molar-refractivity contribution in [3.63, 3.8) is 0 Å². The van der Waals surface area contributed by atoms with Gasteiger partial charge in [0, 0.05) is 29.4 Å². The molecule has 3 heterocycles. The van der Waals surface area contributed by atoms with Crippen LogP contribution in [0.5, 0.6) is 0 Å². The van der Waals surface area contributed by atoms with Gasteiger partial charge < -0.3 is 10.1 Å². The van der Waals surface area contributed by atoms with Crippen LogP contribution in [0.2, 0.25) is 5.02 Å². The van der Waals surface area contributed by atoms with Crippen molar-refractivity contribution >= 4 is 29.2 Å². The molecule has 0 fully saturated rings. The van der Waals surface area contributed by atoms with Gasteiger partial charge >= 0.3 is 5.97 Å². The van der Waals surface area contributed by atoms with Gasteiger partial charge in [0.2, 0.25) is 5.91 Å². The van der Waals surface area contributed by atoms with E-state index in [1.807, 2.05) is 19.1 Å². The molecule has 0 radical (unpaired) electrons. The second-order valence-electron chi connectivity index (χ2n) is 10.2. The number of hydrogen-bond donors (Lipinski definition) is 1. The van der Waals surface area contributed by atoms with Crippen LogP contribution in [0.4, 0.5) is 14.5 Å². The van der Waals surface area contributed by atoms with Crippen molar-refractivity contribution in [3.05, 3.63) is 99.3 Å². The van der Waals surface area contributed by atoms with Crippen LogP contribution in [0.15, 0.2) is 65.8 Å². The summed E-state index contributed by atoms with van der Waals surface area (Å²) in [5, 5.41) is 2.72. The molecule has 2 atom stereocenters. The summed E-state index contributed by atoms with van der Waals surface area (Å²) in [6, 6.07) is 11.6. The van der Waals surface area contributed by atoms with Crippen molar-refractivity contribution in [2.45, 2.75) is 38.6 Å². The number of nitrogens with one attached hydrogen (secondary N) is 1. The van der Waals surface area contributed by atoms with Gasteiger partial charge in [0.05, 0.1) is 47.9 Å². The van der Waals surface area contributed by atoms with Crippen LogP contribution in [0.1, 0.15) is 43.5 Å². The molecule has 216 valence electrons. The summed E-state index contributed by atoms with van der Waals surface area (Å²) in [6.07, 6.45) is 4.48. The molecule has 2 aromatic heterocycles. The first kappa shape index (κ1) is 29.1. The van der Waals surface area contributed by atoms with Crippen molar-refractivity contribution in [1.82, 2.24) is 14.5 Å². The Bertz CT molecular complexity index is 1740. The minimum atomic E-state index is -0.998. The lowest BCUT2D eigenvalue weighted by Gasteiger charge is -2.23. The monoisotopic (exact) mass is 592 g/mol. The van der Waals surface area contributed by atoms with Crippen LogP contribution in [0.25, 0.3) is 22.4 Å². The zero-order chi connectivity index (χ0) is 30.0. The molecule has 0 saturated heterocycles. The number of aromatic nitrogens is 3. The maximum Gasteiger partial charge on any atom is 0.309 e. The predicted octanol–water partition coefficient (Wildman–Crippen LogP) is 5.97. The summed E-state index contributed by atoms with van der Waals surface area (Å²) in [5.41, 5.74) is 2.06. The standard InChI is InChI=1S/C31H27ClF2N4O4/c1-17-4-3-5-26(38-16-36-25(15-27(38)39)29-22(33)9-8-21(32)30(29)34)24-14-19(10-11-35-24)20-7-6-18(13-28(40)42-2)12-23(20)37-31(17)41/h6-12,14-17,26H,3-5,13H2,1-2H3,(H,37,41)/t17-,26+/m1/s1. The van der Waals surface area contributed by atoms with Crippen molar-refractivity contribution in [2.24, 2.45) is 5.92 Å². The molecule has 1 amide bonds. The lowest BCUT2D eigenvalue weighted by molar-refractivity contribution is -0.139. The smallest absolute Gasteiger partial charge is 0.309 e. The molecule has 1 aliphatic heterocycles. The average Bonchev–Trinajstić information content (AvgIpc) is 2.97. The van der Waals surface area contributed by atoms with Crippen LogP contribution in [0.3, 0.4) is 0 Å². The second-order valence-corrected chi connectivity index (χ2v) is 10.6. The van der Waals surface area contributed by atoms with E-state index in [1.54, 1.807) is 24.4 Å². The van der Waals surface area contributed by atoms with E-state index in [1.165, 1.54) is 18.0 Å². The number of anilines is 1. The number of carbonyl (C=O) groups is 2. The van der Waals surface area contributed by atoms with Gasteiger partial charge in [0.15, 0.2) is 5.82 Å². The van der Waals surface area contributed by atoms with Gasteiger partial charge in [-0.05, 0) is 54.3 Å². The lowest BCUT2D eigenvalue weighted by Crippen LogP contribution is -2.27. The fraction of sp³-hybridized carbons (Fsp3) is 0.258. The van der Waals surface area contributed by atoms with E-state index in [4.69, 9.17) is 16.3 Å². The largest absolute Gasteiger partial charge is 0.469 e. The number of nitrogens with zero attached hydrogens (tertiary/aromatic N) is 3. The van der Waals surface area contributed by atoms with E-state index in [9.17, 15) is 23.2 Å². The fourth-order valence-corrected chi connectivity index (χ4v) is 5.23. The number of fused-ring (bicyclic) bond motifs is 4. The minimum Gasteiger partial charge on any atom is -0.469 e. The first-order valence-corrected chi connectivity index (χ1v) is 13.7. The van der Waals surface area contributed by atoms with Gasteiger partial charge in [-0.15, -0.1) is 0 Å². The molecule has 5 rings (SSSR count). The molecule has 11 heteroatoms. The van der Waals surface area contributed by atoms with Crippen molar-refractivity contribution < 1.29 is 23.1 Å². The third kappa shape index (κ3) is 5.94. The Morgan fingerprint density at radius 2 is 1.90 bits per heavy atom. The van der Waals surface area contributed by atoms with Crippen LogP contribution < -0.4 is 10.9 Å². The number of halogens is 3. The Hall–Kier alpha value is -4.44. The van der Waals surface area contributed by atoms with E-state index in [-0.39, 0.29) is 29.0 Å². The molecule has 1 aliphatic rings. The Balaban J connectivity index is 1.59. The molecule has 8 nitrogen and oxygen atoms in total. The Labute approximate surface area is 245 Å². The highest BCUT2D eigenvalue weighted by Gasteiger charge is 2.24. The van der Waals surface area contributed by atoms with Crippen molar-refractivity contribution in [1.29, 1.82) is 0 Å². The highest BCUT2D eigenvalue weighted by molar-refractivity contribution is 6.31. The number of amides is 1. The van der Waals surface area contributed by atoms with Gasteiger partial charge in [-0.25, -0.2) is 13.8 Å². The average molecular weight is 593 g/mol. The Kier molecular flexibility index (Phi) is 8.44. The first-order valence-electron chi connectivity index (χ1n) is 13.3. The van der Waals surface area contributed by atoms with Gasteiger partial charge in [-0.2, -0.15) is 0 Å². The number of hydrogen-bond acceptors (Lipinski definition) is 6. The van der Waals surface area contributed by atoms with Gasteiger partial charge in [0.25, 0.3) is 5.56 Å². The van der Waals surface area contributed by atoms with Crippen LogP contribution in [-0.4, -0.2) is 33.5 Å². The molecule has 2 bridgehead atoms. The summed E-state index contributed by atoms with van der Waals surface area (Å²) in [4.78, 5) is 47.1. The molecule has 0 saturated carbocycles. The summed E-state index contributed by atoms with van der Waals surface area (Å²) in [7, 11) is 1.32. The number of ether oxygens (including phenoxy) is 1. The highest BCUT2D eigenvalue weighted by Crippen LogP contribution is 2.34. The number of pyridine rings is 1. The van der Waals surface area contributed by atoms with E-state index < -0.39 is 34.8 Å². The molecule has 4 aromatic rings. The number of methoxy groups -OCH3 is 1. The quantitative estimate of drug-likeness (QED) is 0.231. The molecule has 1 N–H and O–H groups in total. The van der Waals surface area contributed by atoms with Gasteiger partial charge in [0.1, 0.15) is 5.82 Å². The molecule has 0 spiro atoms. The maximum atomic E-state index is 14.6. The Morgan fingerprint density at radius 3 is 2.67 bits per heavy atom. The summed E-state index contributed by atoms with van der Waals surface area (Å²) in [6.45, 7) is 1.82. The van der Waals surface area contributed by atoms with Crippen molar-refractivity contribution in [3.8, 4) is 22.4 Å². The number of esters is 1. The molecular weight excluding hydrogens is 566 g/mol. The van der Waals surface area contributed by atoms with Gasteiger partial charge in [-0.3, -0.25) is 23.9 Å². The molecule has 2 aromatic carbocycles. The topological polar surface area (TPSA) is 103 Å². The van der Waals surface area contributed by atoms with Crippen LogP contribution in [-0.2, 0) is 20.7 Å². The fourth-order valence-electron chi connectivity index (χ4n) is 5.07. The number of rotatable bonds is 4. The van der Waals surface area contributed by atoms with E-state index in [2.05, 4.69) is 15.3 Å². The summed E-state index contributed by atoms with van der Waals surface area (Å²) >= 11 is 5.84. The molecule has 0 unspecified atom stereocenters. The molecule has 42 heavy (non-hydrogen) atoms.